The van der Waals surface area contributed by atoms with Gasteiger partial charge in [-0.25, -0.2) is 0 Å². The van der Waals surface area contributed by atoms with Crippen molar-refractivity contribution in [3.8, 4) is 17.2 Å². The molecule has 1 aliphatic rings. The first-order valence-electron chi connectivity index (χ1n) is 14.4. The number of phenols is 1. The normalized spacial score (nSPS) is 14.9. The predicted molar refractivity (Wildman–Crippen MR) is 162 cm³/mol. The molecule has 0 fully saturated rings. The zero-order valence-electron chi connectivity index (χ0n) is 24.7. The molecule has 0 heterocycles. The van der Waals surface area contributed by atoms with Crippen LogP contribution >= 0.6 is 0 Å². The van der Waals surface area contributed by atoms with Crippen LogP contribution < -0.4 is 14.4 Å². The molecule has 0 saturated carbocycles. The van der Waals surface area contributed by atoms with E-state index in [0.29, 0.717) is 17.6 Å². The van der Waals surface area contributed by atoms with E-state index in [1.54, 1.807) is 20.3 Å². The van der Waals surface area contributed by atoms with Crippen LogP contribution in [0.1, 0.15) is 60.9 Å². The van der Waals surface area contributed by atoms with Crippen molar-refractivity contribution in [2.75, 3.05) is 45.8 Å². The molecule has 3 aromatic rings. The van der Waals surface area contributed by atoms with E-state index >= 15 is 0 Å². The number of anilines is 1. The Kier molecular flexibility index (Phi) is 9.79. The zero-order chi connectivity index (χ0) is 27.9. The molecular formula is C34H46N2O3. The van der Waals surface area contributed by atoms with E-state index in [2.05, 4.69) is 80.1 Å². The summed E-state index contributed by atoms with van der Waals surface area (Å²) in [4.78, 5) is 4.87. The number of likely N-dealkylation sites (N-methyl/N-ethyl adjacent to an activating group) is 1. The SMILES string of the molecule is CCN(Cc1ccc(CCN(C)CC(C)C)cc1)c1cc(OC)c(OC)cc1[C@@H]1CCc2cc(O)ccc2C1. The fraction of sp³-hybridized carbons (Fsp3) is 0.471. The summed E-state index contributed by atoms with van der Waals surface area (Å²) in [5.74, 6) is 2.95. The van der Waals surface area contributed by atoms with Crippen molar-refractivity contribution >= 4 is 5.69 Å². The van der Waals surface area contributed by atoms with Crippen LogP contribution in [0.25, 0.3) is 0 Å². The fourth-order valence-electron chi connectivity index (χ4n) is 5.93. The highest BCUT2D eigenvalue weighted by molar-refractivity contribution is 5.64. The number of fused-ring (bicyclic) bond motifs is 1. The largest absolute Gasteiger partial charge is 0.508 e. The predicted octanol–water partition coefficient (Wildman–Crippen LogP) is 6.84. The Bertz CT molecular complexity index is 1220. The Hall–Kier alpha value is -3.18. The second-order valence-electron chi connectivity index (χ2n) is 11.4. The van der Waals surface area contributed by atoms with E-state index in [1.807, 2.05) is 6.07 Å². The molecule has 4 rings (SSSR count). The molecular weight excluding hydrogens is 484 g/mol. The number of hydrogen-bond donors (Lipinski definition) is 1. The summed E-state index contributed by atoms with van der Waals surface area (Å²) < 4.78 is 11.5. The van der Waals surface area contributed by atoms with Gasteiger partial charge in [-0.2, -0.15) is 0 Å². The number of hydrogen-bond acceptors (Lipinski definition) is 5. The Labute approximate surface area is 235 Å². The quantitative estimate of drug-likeness (QED) is 0.278. The molecule has 210 valence electrons. The van der Waals surface area contributed by atoms with Gasteiger partial charge >= 0.3 is 0 Å². The minimum atomic E-state index is 0.352. The maximum absolute atomic E-state index is 9.95. The highest BCUT2D eigenvalue weighted by Gasteiger charge is 2.26. The fourth-order valence-corrected chi connectivity index (χ4v) is 5.93. The van der Waals surface area contributed by atoms with Crippen molar-refractivity contribution in [2.45, 2.75) is 58.9 Å². The number of methoxy groups -OCH3 is 2. The molecule has 0 saturated heterocycles. The van der Waals surface area contributed by atoms with Crippen LogP contribution in [0, 0.1) is 5.92 Å². The number of benzene rings is 3. The van der Waals surface area contributed by atoms with Gasteiger partial charge < -0.3 is 24.4 Å². The lowest BCUT2D eigenvalue weighted by atomic mass is 9.79. The van der Waals surface area contributed by atoms with E-state index in [9.17, 15) is 5.11 Å². The Morgan fingerprint density at radius 3 is 2.28 bits per heavy atom. The third-order valence-electron chi connectivity index (χ3n) is 7.97. The van der Waals surface area contributed by atoms with Gasteiger partial charge in [-0.05, 0) is 97.5 Å². The van der Waals surface area contributed by atoms with Crippen molar-refractivity contribution in [3.63, 3.8) is 0 Å². The average Bonchev–Trinajstić information content (AvgIpc) is 2.94. The van der Waals surface area contributed by atoms with Crippen molar-refractivity contribution < 1.29 is 14.6 Å². The molecule has 3 aromatic carbocycles. The van der Waals surface area contributed by atoms with Crippen molar-refractivity contribution in [1.29, 1.82) is 0 Å². The lowest BCUT2D eigenvalue weighted by Gasteiger charge is -2.32. The van der Waals surface area contributed by atoms with Gasteiger partial charge in [0.2, 0.25) is 0 Å². The van der Waals surface area contributed by atoms with Crippen molar-refractivity contribution in [3.05, 3.63) is 82.4 Å². The van der Waals surface area contributed by atoms with Crippen molar-refractivity contribution in [1.82, 2.24) is 4.90 Å². The average molecular weight is 531 g/mol. The van der Waals surface area contributed by atoms with Gasteiger partial charge in [0.25, 0.3) is 0 Å². The van der Waals surface area contributed by atoms with E-state index in [-0.39, 0.29) is 0 Å². The lowest BCUT2D eigenvalue weighted by molar-refractivity contribution is 0.299. The summed E-state index contributed by atoms with van der Waals surface area (Å²) in [5.41, 5.74) is 7.79. The van der Waals surface area contributed by atoms with Crippen LogP contribution in [0.2, 0.25) is 0 Å². The second kappa shape index (κ2) is 13.3. The number of rotatable bonds is 12. The van der Waals surface area contributed by atoms with Crippen LogP contribution in [-0.2, 0) is 25.8 Å². The molecule has 0 aromatic heterocycles. The van der Waals surface area contributed by atoms with E-state index < -0.39 is 0 Å². The van der Waals surface area contributed by atoms with E-state index in [4.69, 9.17) is 9.47 Å². The summed E-state index contributed by atoms with van der Waals surface area (Å²) in [5, 5.41) is 9.95. The summed E-state index contributed by atoms with van der Waals surface area (Å²) >= 11 is 0. The molecule has 0 bridgehead atoms. The molecule has 0 amide bonds. The third kappa shape index (κ3) is 7.27. The zero-order valence-corrected chi connectivity index (χ0v) is 24.7. The molecule has 1 atom stereocenters. The maximum atomic E-state index is 9.95. The first-order valence-corrected chi connectivity index (χ1v) is 14.4. The highest BCUT2D eigenvalue weighted by Crippen LogP contribution is 2.43. The smallest absolute Gasteiger partial charge is 0.162 e. The Morgan fingerprint density at radius 1 is 0.923 bits per heavy atom. The molecule has 1 aliphatic carbocycles. The molecule has 5 heteroatoms. The van der Waals surface area contributed by atoms with Gasteiger partial charge in [0.05, 0.1) is 14.2 Å². The molecule has 39 heavy (non-hydrogen) atoms. The van der Waals surface area contributed by atoms with Gasteiger partial charge in [0.15, 0.2) is 11.5 Å². The third-order valence-corrected chi connectivity index (χ3v) is 7.97. The number of nitrogens with zero attached hydrogens (tertiary/aromatic N) is 2. The van der Waals surface area contributed by atoms with E-state index in [1.165, 1.54) is 33.5 Å². The molecule has 5 nitrogen and oxygen atoms in total. The molecule has 0 radical (unpaired) electrons. The van der Waals surface area contributed by atoms with Crippen LogP contribution in [0.3, 0.4) is 0 Å². The number of aromatic hydroxyl groups is 1. The van der Waals surface area contributed by atoms with Gasteiger partial charge in [0, 0.05) is 37.9 Å². The van der Waals surface area contributed by atoms with Gasteiger partial charge in [-0.1, -0.05) is 44.2 Å². The Morgan fingerprint density at radius 2 is 1.62 bits per heavy atom. The molecule has 0 aliphatic heterocycles. The summed E-state index contributed by atoms with van der Waals surface area (Å²) in [6.45, 7) is 10.7. The monoisotopic (exact) mass is 530 g/mol. The van der Waals surface area contributed by atoms with Crippen LogP contribution in [0.15, 0.2) is 54.6 Å². The summed E-state index contributed by atoms with van der Waals surface area (Å²) in [6, 6.07) is 19.3. The van der Waals surface area contributed by atoms with Gasteiger partial charge in [-0.15, -0.1) is 0 Å². The number of phenolic OH excluding ortho intramolecular Hbond substituents is 1. The maximum Gasteiger partial charge on any atom is 0.162 e. The van der Waals surface area contributed by atoms with Crippen LogP contribution in [0.4, 0.5) is 5.69 Å². The topological polar surface area (TPSA) is 45.2 Å². The molecule has 0 spiro atoms. The van der Waals surface area contributed by atoms with Crippen LogP contribution in [-0.4, -0.2) is 50.9 Å². The van der Waals surface area contributed by atoms with Crippen molar-refractivity contribution in [2.24, 2.45) is 5.92 Å². The highest BCUT2D eigenvalue weighted by atomic mass is 16.5. The number of aryl methyl sites for hydroxylation is 1. The minimum absolute atomic E-state index is 0.352. The Balaban J connectivity index is 1.56. The first kappa shape index (κ1) is 28.8. The summed E-state index contributed by atoms with van der Waals surface area (Å²) in [6.07, 6.45) is 4.02. The minimum Gasteiger partial charge on any atom is -0.508 e. The summed E-state index contributed by atoms with van der Waals surface area (Å²) in [7, 11) is 5.63. The molecule has 0 unspecified atom stereocenters. The second-order valence-corrected chi connectivity index (χ2v) is 11.4. The van der Waals surface area contributed by atoms with E-state index in [0.717, 1.165) is 63.4 Å². The van der Waals surface area contributed by atoms with Gasteiger partial charge in [0.1, 0.15) is 5.75 Å². The van der Waals surface area contributed by atoms with Crippen LogP contribution in [0.5, 0.6) is 17.2 Å². The lowest BCUT2D eigenvalue weighted by Crippen LogP contribution is -2.26. The first-order chi connectivity index (χ1) is 18.8. The molecule has 1 N–H and O–H groups in total. The standard InChI is InChI=1S/C34H46N2O3/c1-7-36(23-26-10-8-25(9-11-26)16-17-35(4)22-24(2)3)32-21-34(39-6)33(38-5)20-31(32)29-13-12-28-19-30(37)15-14-27(28)18-29/h8-11,14-15,19-21,24,29,37H,7,12-13,16-18,22-23H2,1-6H3/t29-/m1/s1. The van der Waals surface area contributed by atoms with Gasteiger partial charge in [-0.3, -0.25) is 0 Å². The number of ether oxygens (including phenoxy) is 2.